The Morgan fingerprint density at radius 2 is 2.00 bits per heavy atom. The zero-order valence-electron chi connectivity index (χ0n) is 11.1. The van der Waals surface area contributed by atoms with E-state index >= 15 is 0 Å². The molecule has 5 heteroatoms. The predicted octanol–water partition coefficient (Wildman–Crippen LogP) is 4.33. The Morgan fingerprint density at radius 1 is 1.26 bits per heavy atom. The molecule has 0 bridgehead atoms. The minimum absolute atomic E-state index is 0.00114. The van der Waals surface area contributed by atoms with E-state index < -0.39 is 11.6 Å². The van der Waals surface area contributed by atoms with Gasteiger partial charge in [-0.2, -0.15) is 0 Å². The van der Waals surface area contributed by atoms with Gasteiger partial charge in [0.05, 0.1) is 17.9 Å². The van der Waals surface area contributed by atoms with E-state index in [9.17, 15) is 8.78 Å². The quantitative estimate of drug-likeness (QED) is 0.906. The Balaban J connectivity index is 2.07. The molecule has 0 saturated carbocycles. The molecule has 0 aliphatic carbocycles. The minimum atomic E-state index is -0.852. The van der Waals surface area contributed by atoms with Gasteiger partial charge in [-0.25, -0.2) is 13.8 Å². The lowest BCUT2D eigenvalue weighted by Gasteiger charge is -2.14. The van der Waals surface area contributed by atoms with Gasteiger partial charge < -0.3 is 5.32 Å². The molecule has 0 amide bonds. The largest absolute Gasteiger partial charge is 0.376 e. The van der Waals surface area contributed by atoms with Crippen LogP contribution in [0.4, 0.5) is 14.5 Å². The van der Waals surface area contributed by atoms with Crippen molar-refractivity contribution < 1.29 is 8.78 Å². The highest BCUT2D eigenvalue weighted by molar-refractivity contribution is 7.09. The summed E-state index contributed by atoms with van der Waals surface area (Å²) >= 11 is 1.52. The summed E-state index contributed by atoms with van der Waals surface area (Å²) in [6.07, 6.45) is 0. The van der Waals surface area contributed by atoms with Crippen LogP contribution in [0.25, 0.3) is 0 Å². The smallest absolute Gasteiger partial charge is 0.181 e. The Morgan fingerprint density at radius 3 is 2.63 bits per heavy atom. The van der Waals surface area contributed by atoms with E-state index in [0.29, 0.717) is 6.54 Å². The van der Waals surface area contributed by atoms with Crippen molar-refractivity contribution in [3.63, 3.8) is 0 Å². The zero-order valence-corrected chi connectivity index (χ0v) is 11.9. The monoisotopic (exact) mass is 282 g/mol. The highest BCUT2D eigenvalue weighted by atomic mass is 32.1. The average molecular weight is 282 g/mol. The second-order valence-electron chi connectivity index (χ2n) is 5.33. The highest BCUT2D eigenvalue weighted by Gasteiger charge is 2.17. The Bertz CT molecular complexity index is 573. The summed E-state index contributed by atoms with van der Waals surface area (Å²) < 4.78 is 26.5. The summed E-state index contributed by atoms with van der Waals surface area (Å²) in [5, 5.41) is 5.72. The van der Waals surface area contributed by atoms with Crippen molar-refractivity contribution in [2.24, 2.45) is 0 Å². The van der Waals surface area contributed by atoms with E-state index in [-0.39, 0.29) is 11.1 Å². The number of aromatic nitrogens is 1. The van der Waals surface area contributed by atoms with E-state index in [1.807, 2.05) is 5.38 Å². The number of hydrogen-bond acceptors (Lipinski definition) is 3. The fourth-order valence-electron chi connectivity index (χ4n) is 1.55. The van der Waals surface area contributed by atoms with Crippen LogP contribution in [-0.2, 0) is 12.0 Å². The summed E-state index contributed by atoms with van der Waals surface area (Å²) in [5.74, 6) is -1.70. The van der Waals surface area contributed by atoms with Crippen LogP contribution in [0.2, 0.25) is 0 Å². The van der Waals surface area contributed by atoms with Crippen molar-refractivity contribution >= 4 is 17.0 Å². The van der Waals surface area contributed by atoms with Gasteiger partial charge in [-0.1, -0.05) is 26.8 Å². The first kappa shape index (κ1) is 13.9. The molecular formula is C14H16F2N2S. The minimum Gasteiger partial charge on any atom is -0.376 e. The zero-order chi connectivity index (χ0) is 14.0. The lowest BCUT2D eigenvalue weighted by Crippen LogP contribution is -2.12. The molecule has 2 rings (SSSR count). The second-order valence-corrected chi connectivity index (χ2v) is 6.27. The molecule has 2 nitrogen and oxygen atoms in total. The van der Waals surface area contributed by atoms with Crippen molar-refractivity contribution in [2.75, 3.05) is 5.32 Å². The van der Waals surface area contributed by atoms with Crippen molar-refractivity contribution in [3.8, 4) is 0 Å². The fourth-order valence-corrected chi connectivity index (χ4v) is 2.51. The van der Waals surface area contributed by atoms with Gasteiger partial charge in [0.2, 0.25) is 0 Å². The van der Waals surface area contributed by atoms with Crippen molar-refractivity contribution in [3.05, 3.63) is 45.9 Å². The first-order valence-electron chi connectivity index (χ1n) is 6.00. The normalized spacial score (nSPS) is 11.6. The van der Waals surface area contributed by atoms with Gasteiger partial charge in [-0.05, 0) is 12.1 Å². The highest BCUT2D eigenvalue weighted by Crippen LogP contribution is 2.24. The molecule has 0 aliphatic rings. The Labute approximate surface area is 115 Å². The van der Waals surface area contributed by atoms with Crippen molar-refractivity contribution in [1.29, 1.82) is 0 Å². The van der Waals surface area contributed by atoms with Crippen LogP contribution in [-0.4, -0.2) is 4.98 Å². The van der Waals surface area contributed by atoms with Crippen LogP contribution in [0.5, 0.6) is 0 Å². The van der Waals surface area contributed by atoms with Crippen LogP contribution in [0, 0.1) is 11.6 Å². The van der Waals surface area contributed by atoms with Crippen LogP contribution in [0.15, 0.2) is 23.6 Å². The molecule has 0 aliphatic heterocycles. The van der Waals surface area contributed by atoms with Gasteiger partial charge in [0, 0.05) is 10.8 Å². The first-order chi connectivity index (χ1) is 8.88. The lowest BCUT2D eigenvalue weighted by atomic mass is 9.93. The van der Waals surface area contributed by atoms with E-state index in [1.165, 1.54) is 23.5 Å². The molecule has 0 radical (unpaired) electrons. The number of thiazole rings is 1. The molecule has 0 saturated heterocycles. The topological polar surface area (TPSA) is 24.9 Å². The predicted molar refractivity (Wildman–Crippen MR) is 74.5 cm³/mol. The van der Waals surface area contributed by atoms with Gasteiger partial charge in [0.25, 0.3) is 0 Å². The first-order valence-corrected chi connectivity index (χ1v) is 6.88. The van der Waals surface area contributed by atoms with Gasteiger partial charge >= 0.3 is 0 Å². The summed E-state index contributed by atoms with van der Waals surface area (Å²) in [6.45, 7) is 6.66. The third-order valence-electron chi connectivity index (χ3n) is 2.70. The molecule has 1 heterocycles. The van der Waals surface area contributed by atoms with Crippen LogP contribution < -0.4 is 5.32 Å². The van der Waals surface area contributed by atoms with Gasteiger partial charge in [0.1, 0.15) is 5.01 Å². The van der Waals surface area contributed by atoms with E-state index in [1.54, 1.807) is 0 Å². The molecule has 19 heavy (non-hydrogen) atoms. The maximum atomic E-state index is 13.4. The third-order valence-corrected chi connectivity index (χ3v) is 3.55. The third kappa shape index (κ3) is 3.29. The lowest BCUT2D eigenvalue weighted by molar-refractivity contribution is 0.511. The van der Waals surface area contributed by atoms with Crippen LogP contribution >= 0.6 is 11.3 Å². The van der Waals surface area contributed by atoms with Gasteiger partial charge in [-0.15, -0.1) is 11.3 Å². The summed E-state index contributed by atoms with van der Waals surface area (Å²) in [7, 11) is 0. The summed E-state index contributed by atoms with van der Waals surface area (Å²) in [6, 6.07) is 4.08. The molecule has 0 spiro atoms. The molecular weight excluding hydrogens is 266 g/mol. The van der Waals surface area contributed by atoms with Gasteiger partial charge in [0.15, 0.2) is 11.6 Å². The number of anilines is 1. The van der Waals surface area contributed by atoms with E-state index in [4.69, 9.17) is 0 Å². The molecule has 2 aromatic rings. The van der Waals surface area contributed by atoms with Crippen LogP contribution in [0.3, 0.4) is 0 Å². The number of hydrogen-bond donors (Lipinski definition) is 1. The van der Waals surface area contributed by atoms with E-state index in [2.05, 4.69) is 31.1 Å². The molecule has 0 atom stereocenters. The molecule has 1 aromatic carbocycles. The maximum absolute atomic E-state index is 13.4. The molecule has 1 aromatic heterocycles. The number of rotatable bonds is 3. The Kier molecular flexibility index (Phi) is 3.85. The molecule has 0 unspecified atom stereocenters. The SMILES string of the molecule is CC(C)(C)c1csc(CNc2cccc(F)c2F)n1. The molecule has 0 fully saturated rings. The summed E-state index contributed by atoms with van der Waals surface area (Å²) in [5.41, 5.74) is 1.17. The number of benzene rings is 1. The maximum Gasteiger partial charge on any atom is 0.181 e. The van der Waals surface area contributed by atoms with Gasteiger partial charge in [-0.3, -0.25) is 0 Å². The fraction of sp³-hybridized carbons (Fsp3) is 0.357. The molecule has 1 N–H and O–H groups in total. The van der Waals surface area contributed by atoms with E-state index in [0.717, 1.165) is 16.8 Å². The molecule has 102 valence electrons. The van der Waals surface area contributed by atoms with Crippen molar-refractivity contribution in [1.82, 2.24) is 4.98 Å². The van der Waals surface area contributed by atoms with Crippen molar-refractivity contribution in [2.45, 2.75) is 32.7 Å². The Hall–Kier alpha value is -1.49. The summed E-state index contributed by atoms with van der Waals surface area (Å²) in [4.78, 5) is 4.49. The van der Waals surface area contributed by atoms with Crippen LogP contribution in [0.1, 0.15) is 31.5 Å². The average Bonchev–Trinajstić information content (AvgIpc) is 2.79. The number of halogens is 2. The number of nitrogens with zero attached hydrogens (tertiary/aromatic N) is 1. The number of nitrogens with one attached hydrogen (secondary N) is 1. The standard InChI is InChI=1S/C14H16F2N2S/c1-14(2,3)11-8-19-12(18-11)7-17-10-6-4-5-9(15)13(10)16/h4-6,8,17H,7H2,1-3H3. The second kappa shape index (κ2) is 5.25.